The number of halogens is 1. The van der Waals surface area contributed by atoms with Crippen molar-refractivity contribution in [1.82, 2.24) is 9.80 Å². The van der Waals surface area contributed by atoms with Crippen LogP contribution in [0, 0.1) is 11.7 Å². The molecule has 2 atom stereocenters. The summed E-state index contributed by atoms with van der Waals surface area (Å²) in [6.07, 6.45) is 0. The van der Waals surface area contributed by atoms with Crippen LogP contribution < -0.4 is 14.2 Å². The Balaban J connectivity index is 1.69. The summed E-state index contributed by atoms with van der Waals surface area (Å²) in [6, 6.07) is 9.11. The number of carbonyl (C=O) groups excluding carboxylic acids is 2. The summed E-state index contributed by atoms with van der Waals surface area (Å²) in [5.41, 5.74) is 1.19. The van der Waals surface area contributed by atoms with Gasteiger partial charge in [0.25, 0.3) is 5.91 Å². The highest BCUT2D eigenvalue weighted by Gasteiger charge is 2.43. The molecule has 2 aromatic carbocycles. The molecule has 0 bridgehead atoms. The van der Waals surface area contributed by atoms with Crippen LogP contribution in [-0.2, 0) is 9.53 Å². The SMILES string of the molecule is COc1cc(C2CN(C(=O)c3ccc(F)cc3)CC2C(=O)N2CCOCC2)cc(OC)c1OC. The molecular weight excluding hydrogens is 443 g/mol. The number of hydrogen-bond acceptors (Lipinski definition) is 6. The number of morpholine rings is 1. The zero-order chi connectivity index (χ0) is 24.2. The van der Waals surface area contributed by atoms with Crippen molar-refractivity contribution in [2.45, 2.75) is 5.92 Å². The number of amides is 2. The number of methoxy groups -OCH3 is 3. The van der Waals surface area contributed by atoms with E-state index in [1.807, 2.05) is 12.1 Å². The third-order valence-corrected chi connectivity index (χ3v) is 6.45. The quantitative estimate of drug-likeness (QED) is 0.643. The Morgan fingerprint density at radius 3 is 2.09 bits per heavy atom. The molecule has 2 aliphatic rings. The third-order valence-electron chi connectivity index (χ3n) is 6.45. The summed E-state index contributed by atoms with van der Waals surface area (Å²) >= 11 is 0. The topological polar surface area (TPSA) is 77.5 Å². The van der Waals surface area contributed by atoms with E-state index in [0.717, 1.165) is 5.56 Å². The molecule has 9 heteroatoms. The number of likely N-dealkylation sites (tertiary alicyclic amines) is 1. The van der Waals surface area contributed by atoms with E-state index < -0.39 is 11.7 Å². The number of benzene rings is 2. The van der Waals surface area contributed by atoms with E-state index in [1.165, 1.54) is 45.6 Å². The molecule has 2 heterocycles. The molecule has 2 unspecified atom stereocenters. The summed E-state index contributed by atoms with van der Waals surface area (Å²) < 4.78 is 35.2. The Hall–Kier alpha value is -3.33. The average Bonchev–Trinajstić information content (AvgIpc) is 3.33. The van der Waals surface area contributed by atoms with Gasteiger partial charge in [-0.05, 0) is 42.0 Å². The van der Waals surface area contributed by atoms with Gasteiger partial charge in [0, 0.05) is 37.7 Å². The van der Waals surface area contributed by atoms with Crippen LogP contribution in [0.3, 0.4) is 0 Å². The van der Waals surface area contributed by atoms with Crippen molar-refractivity contribution in [1.29, 1.82) is 0 Å². The molecule has 0 N–H and O–H groups in total. The van der Waals surface area contributed by atoms with Gasteiger partial charge in [0.1, 0.15) is 5.82 Å². The van der Waals surface area contributed by atoms with Crippen LogP contribution >= 0.6 is 0 Å². The number of hydrogen-bond donors (Lipinski definition) is 0. The molecule has 4 rings (SSSR count). The maximum atomic E-state index is 13.6. The van der Waals surface area contributed by atoms with E-state index in [2.05, 4.69) is 0 Å². The molecule has 0 saturated carbocycles. The molecular formula is C25H29FN2O6. The highest BCUT2D eigenvalue weighted by Crippen LogP contribution is 2.43. The summed E-state index contributed by atoms with van der Waals surface area (Å²) in [4.78, 5) is 30.2. The minimum absolute atomic E-state index is 0.0172. The van der Waals surface area contributed by atoms with Crippen molar-refractivity contribution in [2.75, 3.05) is 60.7 Å². The van der Waals surface area contributed by atoms with Gasteiger partial charge in [-0.25, -0.2) is 4.39 Å². The lowest BCUT2D eigenvalue weighted by Crippen LogP contribution is -2.45. The molecule has 8 nitrogen and oxygen atoms in total. The van der Waals surface area contributed by atoms with Crippen molar-refractivity contribution in [3.8, 4) is 17.2 Å². The fourth-order valence-electron chi connectivity index (χ4n) is 4.67. The lowest BCUT2D eigenvalue weighted by Gasteiger charge is -2.31. The summed E-state index contributed by atoms with van der Waals surface area (Å²) in [5.74, 6) is 0.0242. The van der Waals surface area contributed by atoms with Gasteiger partial charge in [0.05, 0.1) is 40.5 Å². The van der Waals surface area contributed by atoms with Gasteiger partial charge in [-0.3, -0.25) is 9.59 Å². The molecule has 2 aliphatic heterocycles. The van der Waals surface area contributed by atoms with E-state index >= 15 is 0 Å². The van der Waals surface area contributed by atoms with Gasteiger partial charge in [-0.2, -0.15) is 0 Å². The van der Waals surface area contributed by atoms with Crippen LogP contribution in [-0.4, -0.2) is 82.3 Å². The number of rotatable bonds is 6. The standard InChI is InChI=1S/C25H29FN2O6/c1-31-21-12-17(13-22(32-2)23(21)33-3)19-14-28(24(29)16-4-6-18(26)7-5-16)15-20(19)25(30)27-8-10-34-11-9-27/h4-7,12-13,19-20H,8-11,14-15H2,1-3H3. The highest BCUT2D eigenvalue weighted by atomic mass is 19.1. The predicted octanol–water partition coefficient (Wildman–Crippen LogP) is 2.57. The fourth-order valence-corrected chi connectivity index (χ4v) is 4.67. The first-order chi connectivity index (χ1) is 16.5. The fraction of sp³-hybridized carbons (Fsp3) is 0.440. The van der Waals surface area contributed by atoms with E-state index in [4.69, 9.17) is 18.9 Å². The predicted molar refractivity (Wildman–Crippen MR) is 122 cm³/mol. The smallest absolute Gasteiger partial charge is 0.253 e. The van der Waals surface area contributed by atoms with E-state index in [-0.39, 0.29) is 24.3 Å². The zero-order valence-corrected chi connectivity index (χ0v) is 19.6. The van der Waals surface area contributed by atoms with E-state index in [0.29, 0.717) is 55.7 Å². The van der Waals surface area contributed by atoms with Crippen molar-refractivity contribution in [3.63, 3.8) is 0 Å². The molecule has 34 heavy (non-hydrogen) atoms. The van der Waals surface area contributed by atoms with Gasteiger partial charge in [-0.1, -0.05) is 0 Å². The first-order valence-electron chi connectivity index (χ1n) is 11.2. The van der Waals surface area contributed by atoms with Gasteiger partial charge < -0.3 is 28.7 Å². The molecule has 2 amide bonds. The average molecular weight is 473 g/mol. The van der Waals surface area contributed by atoms with Gasteiger partial charge in [0.15, 0.2) is 11.5 Å². The molecule has 0 radical (unpaired) electrons. The first-order valence-corrected chi connectivity index (χ1v) is 11.2. The molecule has 2 fully saturated rings. The van der Waals surface area contributed by atoms with Crippen LogP contribution in [0.25, 0.3) is 0 Å². The van der Waals surface area contributed by atoms with E-state index in [1.54, 1.807) is 9.80 Å². The van der Waals surface area contributed by atoms with Crippen molar-refractivity contribution in [2.24, 2.45) is 5.92 Å². The maximum absolute atomic E-state index is 13.6. The number of ether oxygens (including phenoxy) is 4. The number of carbonyl (C=O) groups is 2. The Bertz CT molecular complexity index is 1010. The van der Waals surface area contributed by atoms with Crippen molar-refractivity contribution < 1.29 is 32.9 Å². The minimum Gasteiger partial charge on any atom is -0.493 e. The summed E-state index contributed by atoms with van der Waals surface area (Å²) in [7, 11) is 4.61. The lowest BCUT2D eigenvalue weighted by molar-refractivity contribution is -0.139. The van der Waals surface area contributed by atoms with Crippen LogP contribution in [0.1, 0.15) is 21.8 Å². The van der Waals surface area contributed by atoms with Crippen LogP contribution in [0.15, 0.2) is 36.4 Å². The van der Waals surface area contributed by atoms with Gasteiger partial charge >= 0.3 is 0 Å². The molecule has 2 saturated heterocycles. The summed E-state index contributed by atoms with van der Waals surface area (Å²) in [6.45, 7) is 2.60. The van der Waals surface area contributed by atoms with Gasteiger partial charge in [0.2, 0.25) is 11.7 Å². The maximum Gasteiger partial charge on any atom is 0.253 e. The minimum atomic E-state index is -0.453. The van der Waals surface area contributed by atoms with Crippen molar-refractivity contribution >= 4 is 11.8 Å². The van der Waals surface area contributed by atoms with Crippen LogP contribution in [0.5, 0.6) is 17.2 Å². The molecule has 2 aromatic rings. The third kappa shape index (κ3) is 4.65. The zero-order valence-electron chi connectivity index (χ0n) is 19.6. The molecule has 182 valence electrons. The van der Waals surface area contributed by atoms with Crippen molar-refractivity contribution in [3.05, 3.63) is 53.3 Å². The van der Waals surface area contributed by atoms with E-state index in [9.17, 15) is 14.0 Å². The molecule has 0 aromatic heterocycles. The first kappa shape index (κ1) is 23.8. The second-order valence-electron chi connectivity index (χ2n) is 8.33. The normalized spacial score (nSPS) is 20.2. The molecule has 0 aliphatic carbocycles. The van der Waals surface area contributed by atoms with Crippen LogP contribution in [0.4, 0.5) is 4.39 Å². The van der Waals surface area contributed by atoms with Crippen LogP contribution in [0.2, 0.25) is 0 Å². The van der Waals surface area contributed by atoms with Gasteiger partial charge in [-0.15, -0.1) is 0 Å². The lowest BCUT2D eigenvalue weighted by atomic mass is 9.87. The Morgan fingerprint density at radius 2 is 1.53 bits per heavy atom. The monoisotopic (exact) mass is 472 g/mol. The molecule has 0 spiro atoms. The summed E-state index contributed by atoms with van der Waals surface area (Å²) in [5, 5.41) is 0. The highest BCUT2D eigenvalue weighted by molar-refractivity contribution is 5.95. The Kier molecular flexibility index (Phi) is 7.21. The second-order valence-corrected chi connectivity index (χ2v) is 8.33. The largest absolute Gasteiger partial charge is 0.493 e. The Morgan fingerprint density at radius 1 is 0.912 bits per heavy atom. The Labute approximate surface area is 198 Å². The number of nitrogens with zero attached hydrogens (tertiary/aromatic N) is 2. The second kappa shape index (κ2) is 10.3.